The maximum atomic E-state index is 13.2. The van der Waals surface area contributed by atoms with E-state index in [1.165, 1.54) is 0 Å². The van der Waals surface area contributed by atoms with Crippen LogP contribution in [0.5, 0.6) is 0 Å². The summed E-state index contributed by atoms with van der Waals surface area (Å²) in [6, 6.07) is 1.15. The third kappa shape index (κ3) is 2.01. The lowest BCUT2D eigenvalue weighted by Gasteiger charge is -2.19. The minimum absolute atomic E-state index is 0.00840. The Morgan fingerprint density at radius 3 is 2.60 bits per heavy atom. The summed E-state index contributed by atoms with van der Waals surface area (Å²) >= 11 is 0. The molecule has 1 N–H and O–H groups in total. The van der Waals surface area contributed by atoms with Crippen LogP contribution in [0.2, 0.25) is 0 Å². The van der Waals surface area contributed by atoms with Gasteiger partial charge in [0.25, 0.3) is 5.56 Å². The van der Waals surface area contributed by atoms with Gasteiger partial charge in [-0.25, -0.2) is 4.98 Å². The fourth-order valence-corrected chi connectivity index (χ4v) is 2.91. The summed E-state index contributed by atoms with van der Waals surface area (Å²) in [5.74, 6) is -1.09. The van der Waals surface area contributed by atoms with Crippen LogP contribution < -0.4 is 5.56 Å². The molecule has 0 aliphatic heterocycles. The van der Waals surface area contributed by atoms with Crippen LogP contribution in [0.4, 0.5) is 13.2 Å². The fourth-order valence-electron chi connectivity index (χ4n) is 2.91. The zero-order valence-corrected chi connectivity index (χ0v) is 10.9. The van der Waals surface area contributed by atoms with Crippen molar-refractivity contribution in [3.8, 4) is 0 Å². The molecule has 0 unspecified atom stereocenters. The monoisotopic (exact) mass is 285 g/mol. The van der Waals surface area contributed by atoms with Crippen molar-refractivity contribution in [1.29, 1.82) is 0 Å². The number of aryl methyl sites for hydroxylation is 1. The van der Waals surface area contributed by atoms with Crippen LogP contribution in [0.15, 0.2) is 10.9 Å². The predicted molar refractivity (Wildman–Crippen MR) is 67.6 cm³/mol. The third-order valence-electron chi connectivity index (χ3n) is 3.77. The molecule has 0 atom stereocenters. The van der Waals surface area contributed by atoms with Gasteiger partial charge in [0.2, 0.25) is 5.82 Å². The summed E-state index contributed by atoms with van der Waals surface area (Å²) in [4.78, 5) is 18.8. The minimum Gasteiger partial charge on any atom is -0.343 e. The van der Waals surface area contributed by atoms with Crippen LogP contribution in [0.25, 0.3) is 11.0 Å². The molecule has 108 valence electrons. The van der Waals surface area contributed by atoms with Gasteiger partial charge in [-0.05, 0) is 25.8 Å². The Balaban J connectivity index is 2.33. The van der Waals surface area contributed by atoms with E-state index in [9.17, 15) is 18.0 Å². The van der Waals surface area contributed by atoms with Gasteiger partial charge in [-0.2, -0.15) is 13.2 Å². The maximum Gasteiger partial charge on any atom is 0.449 e. The van der Waals surface area contributed by atoms with Gasteiger partial charge in [0.1, 0.15) is 5.65 Å². The Kier molecular flexibility index (Phi) is 2.88. The van der Waals surface area contributed by atoms with Crippen molar-refractivity contribution >= 4 is 11.0 Å². The van der Waals surface area contributed by atoms with Gasteiger partial charge in [0, 0.05) is 11.7 Å². The second-order valence-electron chi connectivity index (χ2n) is 5.26. The molecule has 7 heteroatoms. The largest absolute Gasteiger partial charge is 0.449 e. The van der Waals surface area contributed by atoms with Crippen molar-refractivity contribution in [3.05, 3.63) is 27.9 Å². The van der Waals surface area contributed by atoms with Crippen LogP contribution in [0, 0.1) is 6.92 Å². The fraction of sp³-hybridized carbons (Fsp3) is 0.538. The van der Waals surface area contributed by atoms with E-state index in [-0.39, 0.29) is 11.0 Å². The Morgan fingerprint density at radius 1 is 1.35 bits per heavy atom. The number of hydrogen-bond donors (Lipinski definition) is 1. The zero-order valence-electron chi connectivity index (χ0n) is 10.9. The van der Waals surface area contributed by atoms with Crippen molar-refractivity contribution in [2.24, 2.45) is 0 Å². The summed E-state index contributed by atoms with van der Waals surface area (Å²) in [5.41, 5.74) is 0.0366. The van der Waals surface area contributed by atoms with Gasteiger partial charge >= 0.3 is 6.18 Å². The molecule has 2 aromatic heterocycles. The van der Waals surface area contributed by atoms with Gasteiger partial charge in [-0.1, -0.05) is 12.8 Å². The van der Waals surface area contributed by atoms with E-state index >= 15 is 0 Å². The number of halogens is 3. The molecule has 0 spiro atoms. The number of fused-ring (bicyclic) bond motifs is 1. The molecule has 1 fully saturated rings. The molecule has 0 amide bonds. The number of aromatic amines is 1. The average Bonchev–Trinajstić information content (AvgIpc) is 2.96. The maximum absolute atomic E-state index is 13.2. The zero-order chi connectivity index (χ0) is 14.5. The lowest BCUT2D eigenvalue weighted by Crippen LogP contribution is -2.32. The molecule has 20 heavy (non-hydrogen) atoms. The van der Waals surface area contributed by atoms with E-state index in [4.69, 9.17) is 0 Å². The second kappa shape index (κ2) is 4.36. The van der Waals surface area contributed by atoms with Crippen molar-refractivity contribution < 1.29 is 13.2 Å². The normalized spacial score (nSPS) is 17.2. The standard InChI is InChI=1S/C13H14F3N3O/c1-7-6-9-10(17-7)18-12(13(14,15)16)19(11(9)20)8-4-2-3-5-8/h6,8,17H,2-5H2,1H3. The molecule has 1 aliphatic carbocycles. The Morgan fingerprint density at radius 2 is 2.00 bits per heavy atom. The Bertz CT molecular complexity index is 708. The molecule has 2 heterocycles. The van der Waals surface area contributed by atoms with Crippen molar-refractivity contribution in [1.82, 2.24) is 14.5 Å². The van der Waals surface area contributed by atoms with Gasteiger partial charge in [0.05, 0.1) is 5.39 Å². The SMILES string of the molecule is Cc1cc2c(=O)n(C3CCCC3)c(C(F)(F)F)nc2[nH]1. The van der Waals surface area contributed by atoms with E-state index in [0.29, 0.717) is 18.5 Å². The van der Waals surface area contributed by atoms with Gasteiger partial charge in [-0.3, -0.25) is 9.36 Å². The summed E-state index contributed by atoms with van der Waals surface area (Å²) in [6.07, 6.45) is -1.74. The highest BCUT2D eigenvalue weighted by atomic mass is 19.4. The number of H-pyrrole nitrogens is 1. The minimum atomic E-state index is -4.63. The highest BCUT2D eigenvalue weighted by Crippen LogP contribution is 2.35. The number of alkyl halides is 3. The van der Waals surface area contributed by atoms with E-state index < -0.39 is 23.6 Å². The van der Waals surface area contributed by atoms with Crippen molar-refractivity contribution in [3.63, 3.8) is 0 Å². The molecule has 1 aliphatic rings. The number of hydrogen-bond acceptors (Lipinski definition) is 2. The molecular formula is C13H14F3N3O. The molecule has 3 rings (SSSR count). The molecule has 0 saturated heterocycles. The predicted octanol–water partition coefficient (Wildman–Crippen LogP) is 3.17. The number of nitrogens with zero attached hydrogens (tertiary/aromatic N) is 2. The van der Waals surface area contributed by atoms with Crippen LogP contribution in [0.3, 0.4) is 0 Å². The summed E-state index contributed by atoms with van der Waals surface area (Å²) < 4.78 is 40.4. The molecule has 0 bridgehead atoms. The van der Waals surface area contributed by atoms with E-state index in [2.05, 4.69) is 9.97 Å². The average molecular weight is 285 g/mol. The number of rotatable bonds is 1. The lowest BCUT2D eigenvalue weighted by molar-refractivity contribution is -0.148. The first-order chi connectivity index (χ1) is 9.38. The molecule has 1 saturated carbocycles. The van der Waals surface area contributed by atoms with E-state index in [1.807, 2.05) is 0 Å². The number of nitrogens with one attached hydrogen (secondary N) is 1. The van der Waals surface area contributed by atoms with Crippen molar-refractivity contribution in [2.75, 3.05) is 0 Å². The third-order valence-corrected chi connectivity index (χ3v) is 3.77. The first kappa shape index (κ1) is 13.2. The van der Waals surface area contributed by atoms with Crippen LogP contribution >= 0.6 is 0 Å². The van der Waals surface area contributed by atoms with Crippen molar-refractivity contribution in [2.45, 2.75) is 44.8 Å². The first-order valence-electron chi connectivity index (χ1n) is 6.57. The Hall–Kier alpha value is -1.79. The van der Waals surface area contributed by atoms with Crippen LogP contribution in [-0.4, -0.2) is 14.5 Å². The highest BCUT2D eigenvalue weighted by Gasteiger charge is 2.39. The van der Waals surface area contributed by atoms with Crippen LogP contribution in [-0.2, 0) is 6.18 Å². The highest BCUT2D eigenvalue weighted by molar-refractivity contribution is 5.75. The lowest BCUT2D eigenvalue weighted by atomic mass is 10.2. The topological polar surface area (TPSA) is 50.7 Å². The van der Waals surface area contributed by atoms with Gasteiger partial charge in [0.15, 0.2) is 0 Å². The molecule has 0 radical (unpaired) electrons. The number of aromatic nitrogens is 3. The van der Waals surface area contributed by atoms with Crippen LogP contribution in [0.1, 0.15) is 43.2 Å². The Labute approximate surface area is 112 Å². The molecule has 0 aromatic carbocycles. The quantitative estimate of drug-likeness (QED) is 0.875. The summed E-state index contributed by atoms with van der Waals surface area (Å²) in [5, 5.41) is 0.224. The van der Waals surface area contributed by atoms with Gasteiger partial charge < -0.3 is 4.98 Å². The van der Waals surface area contributed by atoms with E-state index in [1.54, 1.807) is 13.0 Å². The molecule has 2 aromatic rings. The summed E-state index contributed by atoms with van der Waals surface area (Å²) in [6.45, 7) is 1.69. The first-order valence-corrected chi connectivity index (χ1v) is 6.57. The van der Waals surface area contributed by atoms with Gasteiger partial charge in [-0.15, -0.1) is 0 Å². The van der Waals surface area contributed by atoms with E-state index in [0.717, 1.165) is 17.4 Å². The molecular weight excluding hydrogens is 271 g/mol. The summed E-state index contributed by atoms with van der Waals surface area (Å²) in [7, 11) is 0. The smallest absolute Gasteiger partial charge is 0.343 e. The second-order valence-corrected chi connectivity index (χ2v) is 5.26. The molecule has 4 nitrogen and oxygen atoms in total.